The Labute approximate surface area is 114 Å². The van der Waals surface area contributed by atoms with Gasteiger partial charge in [0.2, 0.25) is 0 Å². The second kappa shape index (κ2) is 7.25. The van der Waals surface area contributed by atoms with Crippen LogP contribution in [0.4, 0.5) is 11.6 Å². The molecule has 0 amide bonds. The lowest BCUT2D eigenvalue weighted by Gasteiger charge is -2.19. The van der Waals surface area contributed by atoms with Gasteiger partial charge in [-0.15, -0.1) is 0 Å². The van der Waals surface area contributed by atoms with Gasteiger partial charge >= 0.3 is 0 Å². The Hall–Kier alpha value is -1.40. The monoisotopic (exact) mass is 267 g/mol. The second-order valence-electron chi connectivity index (χ2n) is 5.45. The van der Waals surface area contributed by atoms with E-state index in [0.717, 1.165) is 17.8 Å². The van der Waals surface area contributed by atoms with Crippen molar-refractivity contribution in [3.63, 3.8) is 0 Å². The molecule has 0 aliphatic carbocycles. The summed E-state index contributed by atoms with van der Waals surface area (Å²) in [6, 6.07) is 0. The number of nitrogens with two attached hydrogens (primary N) is 1. The molecule has 6 nitrogen and oxygen atoms in total. The number of anilines is 2. The van der Waals surface area contributed by atoms with Crippen LogP contribution in [0, 0.1) is 5.92 Å². The largest absolute Gasteiger partial charge is 0.391 e. The van der Waals surface area contributed by atoms with Gasteiger partial charge in [0, 0.05) is 12.1 Å². The molecule has 1 unspecified atom stereocenters. The molecular formula is C13H25N5O. The summed E-state index contributed by atoms with van der Waals surface area (Å²) in [6.07, 6.45) is 1.83. The topological polar surface area (TPSA) is 96.1 Å². The zero-order valence-electron chi connectivity index (χ0n) is 12.1. The number of nitrogens with one attached hydrogen (secondary N) is 2. The minimum absolute atomic E-state index is 0.233. The van der Waals surface area contributed by atoms with Crippen molar-refractivity contribution in [1.29, 1.82) is 0 Å². The quantitative estimate of drug-likeness (QED) is 0.443. The van der Waals surface area contributed by atoms with Crippen molar-refractivity contribution < 1.29 is 5.11 Å². The highest BCUT2D eigenvalue weighted by Crippen LogP contribution is 2.27. The van der Waals surface area contributed by atoms with Crippen molar-refractivity contribution in [2.75, 3.05) is 17.3 Å². The van der Waals surface area contributed by atoms with E-state index in [1.165, 1.54) is 6.33 Å². The number of hydrazine groups is 1. The van der Waals surface area contributed by atoms with Crippen LogP contribution in [0.3, 0.4) is 0 Å². The lowest BCUT2D eigenvalue weighted by Crippen LogP contribution is -2.23. The van der Waals surface area contributed by atoms with Crippen LogP contribution in [0.5, 0.6) is 0 Å². The standard InChI is InChI=1S/C13H25N5O/c1-8(2)5-10(19)6-15-12-11(9(3)4)13(18-14)17-7-16-12/h7-10,19H,5-6,14H2,1-4H3,(H2,15,16,17,18). The van der Waals surface area contributed by atoms with Crippen molar-refractivity contribution >= 4 is 11.6 Å². The molecule has 0 aliphatic heterocycles. The summed E-state index contributed by atoms with van der Waals surface area (Å²) < 4.78 is 0. The van der Waals surface area contributed by atoms with Crippen LogP contribution in [-0.2, 0) is 0 Å². The van der Waals surface area contributed by atoms with Crippen molar-refractivity contribution in [2.24, 2.45) is 11.8 Å². The van der Waals surface area contributed by atoms with E-state index < -0.39 is 0 Å². The SMILES string of the molecule is CC(C)CC(O)CNc1ncnc(NN)c1C(C)C. The van der Waals surface area contributed by atoms with Gasteiger partial charge in [-0.1, -0.05) is 27.7 Å². The summed E-state index contributed by atoms with van der Waals surface area (Å²) in [5.41, 5.74) is 3.52. The van der Waals surface area contributed by atoms with Crippen molar-refractivity contribution in [2.45, 2.75) is 46.1 Å². The summed E-state index contributed by atoms with van der Waals surface area (Å²) in [7, 11) is 0. The lowest BCUT2D eigenvalue weighted by atomic mass is 10.0. The van der Waals surface area contributed by atoms with Gasteiger partial charge in [-0.3, -0.25) is 0 Å². The molecule has 0 saturated heterocycles. The molecule has 1 atom stereocenters. The van der Waals surface area contributed by atoms with Crippen LogP contribution in [0.1, 0.15) is 45.6 Å². The summed E-state index contributed by atoms with van der Waals surface area (Å²) in [5.74, 6) is 7.50. The molecule has 0 aromatic carbocycles. The molecule has 5 N–H and O–H groups in total. The first-order valence-electron chi connectivity index (χ1n) is 6.69. The third-order valence-corrected chi connectivity index (χ3v) is 2.85. The van der Waals surface area contributed by atoms with Crippen molar-refractivity contribution in [1.82, 2.24) is 9.97 Å². The Balaban J connectivity index is 2.77. The average Bonchev–Trinajstić information content (AvgIpc) is 2.34. The van der Waals surface area contributed by atoms with Crippen LogP contribution in [-0.4, -0.2) is 27.7 Å². The van der Waals surface area contributed by atoms with Gasteiger partial charge in [-0.25, -0.2) is 15.8 Å². The molecule has 1 heterocycles. The highest BCUT2D eigenvalue weighted by atomic mass is 16.3. The maximum atomic E-state index is 9.89. The molecule has 0 fully saturated rings. The smallest absolute Gasteiger partial charge is 0.148 e. The lowest BCUT2D eigenvalue weighted by molar-refractivity contribution is 0.161. The Morgan fingerprint density at radius 3 is 2.37 bits per heavy atom. The average molecular weight is 267 g/mol. The number of hydrogen-bond donors (Lipinski definition) is 4. The van der Waals surface area contributed by atoms with Crippen LogP contribution in [0.25, 0.3) is 0 Å². The molecule has 0 bridgehead atoms. The number of nitrogens with zero attached hydrogens (tertiary/aromatic N) is 2. The number of rotatable bonds is 7. The van der Waals surface area contributed by atoms with Crippen molar-refractivity contribution in [3.05, 3.63) is 11.9 Å². The van der Waals surface area contributed by atoms with Gasteiger partial charge in [0.15, 0.2) is 0 Å². The van der Waals surface area contributed by atoms with Crippen LogP contribution in [0.2, 0.25) is 0 Å². The molecule has 1 rings (SSSR count). The van der Waals surface area contributed by atoms with Crippen molar-refractivity contribution in [3.8, 4) is 0 Å². The highest BCUT2D eigenvalue weighted by molar-refractivity contribution is 5.58. The molecule has 0 aliphatic rings. The third kappa shape index (κ3) is 4.65. The van der Waals surface area contributed by atoms with E-state index >= 15 is 0 Å². The highest BCUT2D eigenvalue weighted by Gasteiger charge is 2.15. The minimum atomic E-state index is -0.385. The molecule has 0 spiro atoms. The maximum absolute atomic E-state index is 9.89. The predicted molar refractivity (Wildman–Crippen MR) is 77.9 cm³/mol. The normalized spacial score (nSPS) is 12.8. The Kier molecular flexibility index (Phi) is 5.98. The van der Waals surface area contributed by atoms with E-state index in [0.29, 0.717) is 18.3 Å². The maximum Gasteiger partial charge on any atom is 0.148 e. The predicted octanol–water partition coefficient (Wildman–Crippen LogP) is 1.70. The fourth-order valence-corrected chi connectivity index (χ4v) is 2.04. The van der Waals surface area contributed by atoms with Crippen LogP contribution >= 0.6 is 0 Å². The van der Waals surface area contributed by atoms with Gasteiger partial charge in [-0.05, 0) is 18.3 Å². The Bertz CT molecular complexity index is 395. The van der Waals surface area contributed by atoms with Gasteiger partial charge < -0.3 is 15.8 Å². The zero-order chi connectivity index (χ0) is 14.4. The molecule has 1 aromatic heterocycles. The van der Waals surface area contributed by atoms with E-state index in [4.69, 9.17) is 5.84 Å². The number of hydrogen-bond acceptors (Lipinski definition) is 6. The third-order valence-electron chi connectivity index (χ3n) is 2.85. The molecule has 6 heteroatoms. The summed E-state index contributed by atoms with van der Waals surface area (Å²) in [4.78, 5) is 8.34. The number of aliphatic hydroxyl groups excluding tert-OH is 1. The summed E-state index contributed by atoms with van der Waals surface area (Å²) in [6.45, 7) is 8.75. The first-order chi connectivity index (χ1) is 8.95. The van der Waals surface area contributed by atoms with Crippen LogP contribution < -0.4 is 16.6 Å². The van der Waals surface area contributed by atoms with Gasteiger partial charge in [0.25, 0.3) is 0 Å². The van der Waals surface area contributed by atoms with E-state index in [1.54, 1.807) is 0 Å². The number of nitrogen functional groups attached to an aromatic ring is 1. The van der Waals surface area contributed by atoms with E-state index in [9.17, 15) is 5.11 Å². The molecule has 1 aromatic rings. The Morgan fingerprint density at radius 2 is 1.84 bits per heavy atom. The first-order valence-corrected chi connectivity index (χ1v) is 6.69. The molecular weight excluding hydrogens is 242 g/mol. The first kappa shape index (κ1) is 15.7. The fourth-order valence-electron chi connectivity index (χ4n) is 2.04. The van der Waals surface area contributed by atoms with E-state index in [2.05, 4.69) is 48.4 Å². The molecule has 19 heavy (non-hydrogen) atoms. The molecule has 108 valence electrons. The van der Waals surface area contributed by atoms with Crippen LogP contribution in [0.15, 0.2) is 6.33 Å². The fraction of sp³-hybridized carbons (Fsp3) is 0.692. The number of aromatic nitrogens is 2. The Morgan fingerprint density at radius 1 is 1.21 bits per heavy atom. The summed E-state index contributed by atoms with van der Waals surface area (Å²) in [5, 5.41) is 13.1. The zero-order valence-corrected chi connectivity index (χ0v) is 12.1. The van der Waals surface area contributed by atoms with Gasteiger partial charge in [0.05, 0.1) is 6.10 Å². The van der Waals surface area contributed by atoms with E-state index in [1.807, 2.05) is 0 Å². The summed E-state index contributed by atoms with van der Waals surface area (Å²) >= 11 is 0. The molecule has 0 radical (unpaired) electrons. The minimum Gasteiger partial charge on any atom is -0.391 e. The van der Waals surface area contributed by atoms with E-state index in [-0.39, 0.29) is 12.0 Å². The number of aliphatic hydroxyl groups is 1. The van der Waals surface area contributed by atoms with Gasteiger partial charge in [-0.2, -0.15) is 0 Å². The van der Waals surface area contributed by atoms with Gasteiger partial charge in [0.1, 0.15) is 18.0 Å². The molecule has 0 saturated carbocycles. The second-order valence-corrected chi connectivity index (χ2v) is 5.45.